The van der Waals surface area contributed by atoms with Crippen LogP contribution in [0.15, 0.2) is 42.5 Å². The van der Waals surface area contributed by atoms with Crippen LogP contribution in [0.1, 0.15) is 49.4 Å². The van der Waals surface area contributed by atoms with Gasteiger partial charge < -0.3 is 10.1 Å². The molecule has 2 aromatic rings. The van der Waals surface area contributed by atoms with Crippen molar-refractivity contribution in [3.8, 4) is 5.75 Å². The van der Waals surface area contributed by atoms with Crippen molar-refractivity contribution in [1.82, 2.24) is 5.32 Å². The maximum atomic E-state index is 12.7. The number of carbonyl (C=O) groups excluding carboxylic acids is 1. The average Bonchev–Trinajstić information content (AvgIpc) is 2.61. The molecule has 0 spiro atoms. The number of rotatable bonds is 7. The number of benzene rings is 2. The fraction of sp³-hybridized carbons (Fsp3) is 0.381. The van der Waals surface area contributed by atoms with Crippen molar-refractivity contribution in [2.45, 2.75) is 52.7 Å². The number of ether oxygens (including phenoxy) is 1. The summed E-state index contributed by atoms with van der Waals surface area (Å²) in [5, 5.41) is 3.80. The SMILES string of the molecule is CC[C@H](NC(=O)[C@@H](CC)Oc1ccc(Cl)c(C)c1)c1ccc(C)cc1. The molecule has 4 heteroatoms. The highest BCUT2D eigenvalue weighted by molar-refractivity contribution is 6.31. The first-order valence-corrected chi connectivity index (χ1v) is 9.12. The van der Waals surface area contributed by atoms with Gasteiger partial charge in [-0.25, -0.2) is 0 Å². The lowest BCUT2D eigenvalue weighted by Crippen LogP contribution is -2.39. The van der Waals surface area contributed by atoms with Gasteiger partial charge in [-0.1, -0.05) is 55.3 Å². The predicted molar refractivity (Wildman–Crippen MR) is 103 cm³/mol. The third-order valence-corrected chi connectivity index (χ3v) is 4.70. The highest BCUT2D eigenvalue weighted by Crippen LogP contribution is 2.23. The molecule has 0 aliphatic rings. The summed E-state index contributed by atoms with van der Waals surface area (Å²) in [6, 6.07) is 13.7. The van der Waals surface area contributed by atoms with E-state index in [1.807, 2.05) is 19.9 Å². The molecular weight excluding hydrogens is 334 g/mol. The lowest BCUT2D eigenvalue weighted by Gasteiger charge is -2.22. The molecule has 0 heterocycles. The largest absolute Gasteiger partial charge is 0.481 e. The topological polar surface area (TPSA) is 38.3 Å². The molecule has 25 heavy (non-hydrogen) atoms. The highest BCUT2D eigenvalue weighted by atomic mass is 35.5. The number of nitrogens with one attached hydrogen (secondary N) is 1. The Kier molecular flexibility index (Phi) is 6.89. The van der Waals surface area contributed by atoms with Crippen molar-refractivity contribution in [2.24, 2.45) is 0 Å². The van der Waals surface area contributed by atoms with Gasteiger partial charge in [0.15, 0.2) is 6.10 Å². The van der Waals surface area contributed by atoms with Crippen molar-refractivity contribution in [3.63, 3.8) is 0 Å². The van der Waals surface area contributed by atoms with Crippen LogP contribution in [0.2, 0.25) is 5.02 Å². The Bertz CT molecular complexity index is 712. The van der Waals surface area contributed by atoms with E-state index in [2.05, 4.69) is 43.4 Å². The van der Waals surface area contributed by atoms with E-state index in [4.69, 9.17) is 16.3 Å². The second kappa shape index (κ2) is 8.91. The third-order valence-electron chi connectivity index (χ3n) is 4.28. The quantitative estimate of drug-likeness (QED) is 0.720. The Morgan fingerprint density at radius 3 is 2.32 bits per heavy atom. The lowest BCUT2D eigenvalue weighted by atomic mass is 10.0. The molecule has 0 saturated carbocycles. The van der Waals surface area contributed by atoms with Crippen LogP contribution in [0.25, 0.3) is 0 Å². The molecule has 0 radical (unpaired) electrons. The Hall–Kier alpha value is -2.00. The van der Waals surface area contributed by atoms with Crippen molar-refractivity contribution < 1.29 is 9.53 Å². The first kappa shape index (κ1) is 19.3. The molecule has 3 nitrogen and oxygen atoms in total. The summed E-state index contributed by atoms with van der Waals surface area (Å²) in [5.41, 5.74) is 3.25. The van der Waals surface area contributed by atoms with Crippen LogP contribution in [0.4, 0.5) is 0 Å². The van der Waals surface area contributed by atoms with E-state index < -0.39 is 6.10 Å². The Morgan fingerprint density at radius 2 is 1.76 bits per heavy atom. The summed E-state index contributed by atoms with van der Waals surface area (Å²) in [5.74, 6) is 0.565. The lowest BCUT2D eigenvalue weighted by molar-refractivity contribution is -0.128. The summed E-state index contributed by atoms with van der Waals surface area (Å²) in [6.45, 7) is 7.98. The molecule has 0 unspecified atom stereocenters. The van der Waals surface area contributed by atoms with Gasteiger partial charge in [0.05, 0.1) is 6.04 Å². The average molecular weight is 360 g/mol. The van der Waals surface area contributed by atoms with Gasteiger partial charge >= 0.3 is 0 Å². The molecule has 0 aromatic heterocycles. The molecule has 1 N–H and O–H groups in total. The number of hydrogen-bond acceptors (Lipinski definition) is 2. The van der Waals surface area contributed by atoms with Gasteiger partial charge in [-0.3, -0.25) is 4.79 Å². The zero-order chi connectivity index (χ0) is 18.4. The van der Waals surface area contributed by atoms with Crippen LogP contribution in [0.3, 0.4) is 0 Å². The van der Waals surface area contributed by atoms with E-state index in [1.165, 1.54) is 5.56 Å². The third kappa shape index (κ3) is 5.23. The Labute approximate surface area is 155 Å². The molecular formula is C21H26ClNO2. The zero-order valence-corrected chi connectivity index (χ0v) is 16.1. The van der Waals surface area contributed by atoms with E-state index in [1.54, 1.807) is 12.1 Å². The normalized spacial score (nSPS) is 13.2. The minimum Gasteiger partial charge on any atom is -0.481 e. The van der Waals surface area contributed by atoms with E-state index >= 15 is 0 Å². The van der Waals surface area contributed by atoms with Crippen molar-refractivity contribution in [2.75, 3.05) is 0 Å². The summed E-state index contributed by atoms with van der Waals surface area (Å²) >= 11 is 6.05. The van der Waals surface area contributed by atoms with Gasteiger partial charge in [-0.15, -0.1) is 0 Å². The van der Waals surface area contributed by atoms with Crippen LogP contribution < -0.4 is 10.1 Å². The Balaban J connectivity index is 2.07. The zero-order valence-electron chi connectivity index (χ0n) is 15.3. The number of aryl methyl sites for hydroxylation is 2. The molecule has 2 atom stereocenters. The van der Waals surface area contributed by atoms with Crippen LogP contribution >= 0.6 is 11.6 Å². The summed E-state index contributed by atoms with van der Waals surface area (Å²) in [6.07, 6.45) is 0.892. The Morgan fingerprint density at radius 1 is 1.08 bits per heavy atom. The van der Waals surface area contributed by atoms with E-state index in [9.17, 15) is 4.79 Å². The maximum Gasteiger partial charge on any atom is 0.261 e. The van der Waals surface area contributed by atoms with Gasteiger partial charge in [0.25, 0.3) is 5.91 Å². The first-order chi connectivity index (χ1) is 11.9. The molecule has 2 rings (SSSR count). The van der Waals surface area contributed by atoms with Crippen LogP contribution in [-0.4, -0.2) is 12.0 Å². The van der Waals surface area contributed by atoms with Crippen molar-refractivity contribution in [1.29, 1.82) is 0 Å². The number of hydrogen-bond donors (Lipinski definition) is 1. The van der Waals surface area contributed by atoms with E-state index in [0.717, 1.165) is 17.5 Å². The van der Waals surface area contributed by atoms with Crippen LogP contribution in [0.5, 0.6) is 5.75 Å². The van der Waals surface area contributed by atoms with Crippen molar-refractivity contribution >= 4 is 17.5 Å². The van der Waals surface area contributed by atoms with Crippen molar-refractivity contribution in [3.05, 3.63) is 64.2 Å². The second-order valence-corrected chi connectivity index (χ2v) is 6.71. The smallest absolute Gasteiger partial charge is 0.261 e. The van der Waals surface area contributed by atoms with Gasteiger partial charge in [0.1, 0.15) is 5.75 Å². The standard InChI is InChI=1S/C21H26ClNO2/c1-5-19(16-9-7-14(3)8-10-16)23-21(24)20(6-2)25-17-11-12-18(22)15(4)13-17/h7-13,19-20H,5-6H2,1-4H3,(H,23,24)/t19-,20+/m0/s1. The first-order valence-electron chi connectivity index (χ1n) is 8.74. The summed E-state index contributed by atoms with van der Waals surface area (Å²) in [7, 11) is 0. The molecule has 0 saturated heterocycles. The monoisotopic (exact) mass is 359 g/mol. The number of carbonyl (C=O) groups is 1. The molecule has 0 fully saturated rings. The molecule has 134 valence electrons. The number of halogens is 1. The van der Waals surface area contributed by atoms with E-state index in [0.29, 0.717) is 17.2 Å². The summed E-state index contributed by atoms with van der Waals surface area (Å²) in [4.78, 5) is 12.7. The minimum absolute atomic E-state index is 0.0160. The summed E-state index contributed by atoms with van der Waals surface area (Å²) < 4.78 is 5.89. The second-order valence-electron chi connectivity index (χ2n) is 6.31. The maximum absolute atomic E-state index is 12.7. The van der Waals surface area contributed by atoms with Gasteiger partial charge in [-0.05, 0) is 56.0 Å². The van der Waals surface area contributed by atoms with Gasteiger partial charge in [0, 0.05) is 5.02 Å². The van der Waals surface area contributed by atoms with Crippen LogP contribution in [0, 0.1) is 13.8 Å². The molecule has 0 aliphatic heterocycles. The van der Waals surface area contributed by atoms with Crippen LogP contribution in [-0.2, 0) is 4.79 Å². The molecule has 2 aromatic carbocycles. The molecule has 0 bridgehead atoms. The minimum atomic E-state index is -0.528. The van der Waals surface area contributed by atoms with Gasteiger partial charge in [0.2, 0.25) is 0 Å². The predicted octanol–water partition coefficient (Wildman–Crippen LogP) is 5.38. The van der Waals surface area contributed by atoms with Gasteiger partial charge in [-0.2, -0.15) is 0 Å². The molecule has 0 aliphatic carbocycles. The molecule has 1 amide bonds. The highest BCUT2D eigenvalue weighted by Gasteiger charge is 2.22. The number of amides is 1. The van der Waals surface area contributed by atoms with E-state index in [-0.39, 0.29) is 11.9 Å². The fourth-order valence-corrected chi connectivity index (χ4v) is 2.78. The fourth-order valence-electron chi connectivity index (χ4n) is 2.66.